The first-order chi connectivity index (χ1) is 12.1. The van der Waals surface area contributed by atoms with Gasteiger partial charge in [-0.05, 0) is 24.5 Å². The van der Waals surface area contributed by atoms with E-state index in [1.807, 2.05) is 30.3 Å². The summed E-state index contributed by atoms with van der Waals surface area (Å²) in [6, 6.07) is 10.7. The quantitative estimate of drug-likeness (QED) is 0.563. The first kappa shape index (κ1) is 18.6. The smallest absolute Gasteiger partial charge is 0.263 e. The Hall–Kier alpha value is -2.73. The van der Waals surface area contributed by atoms with Crippen molar-refractivity contribution in [3.8, 4) is 0 Å². The summed E-state index contributed by atoms with van der Waals surface area (Å²) in [4.78, 5) is 36.9. The molecule has 0 unspecified atom stereocenters. The summed E-state index contributed by atoms with van der Waals surface area (Å²) in [7, 11) is 1.44. The average molecular weight is 342 g/mol. The number of hydrogen-bond donors (Lipinski definition) is 2. The van der Waals surface area contributed by atoms with Crippen LogP contribution in [0.1, 0.15) is 45.5 Å². The van der Waals surface area contributed by atoms with E-state index in [0.29, 0.717) is 18.4 Å². The highest BCUT2D eigenvalue weighted by molar-refractivity contribution is 6.00. The van der Waals surface area contributed by atoms with E-state index in [4.69, 9.17) is 5.11 Å². The van der Waals surface area contributed by atoms with Crippen LogP contribution in [-0.2, 0) is 6.54 Å². The van der Waals surface area contributed by atoms with Gasteiger partial charge in [-0.1, -0.05) is 30.3 Å². The van der Waals surface area contributed by atoms with Crippen molar-refractivity contribution in [2.24, 2.45) is 0 Å². The number of unbranched alkanes of at least 4 members (excludes halogenated alkanes) is 1. The number of ketones is 1. The number of nitrogens with one attached hydrogen (secondary N) is 1. The Morgan fingerprint density at radius 3 is 2.52 bits per heavy atom. The lowest BCUT2D eigenvalue weighted by atomic mass is 10.0. The molecular formula is C19H22N2O4. The summed E-state index contributed by atoms with van der Waals surface area (Å²) in [5.41, 5.74) is 0.742. The van der Waals surface area contributed by atoms with E-state index in [1.165, 1.54) is 23.9 Å². The van der Waals surface area contributed by atoms with Crippen molar-refractivity contribution in [3.63, 3.8) is 0 Å². The van der Waals surface area contributed by atoms with Crippen LogP contribution in [0.2, 0.25) is 0 Å². The van der Waals surface area contributed by atoms with Crippen molar-refractivity contribution in [1.29, 1.82) is 0 Å². The molecule has 6 heteroatoms. The maximum atomic E-state index is 12.6. The minimum atomic E-state index is -0.517. The first-order valence-corrected chi connectivity index (χ1v) is 8.21. The Morgan fingerprint density at radius 2 is 1.88 bits per heavy atom. The number of aliphatic hydroxyl groups is 1. The number of aromatic nitrogens is 1. The van der Waals surface area contributed by atoms with E-state index in [0.717, 1.165) is 5.56 Å². The van der Waals surface area contributed by atoms with Crippen LogP contribution >= 0.6 is 0 Å². The molecule has 1 aromatic carbocycles. The van der Waals surface area contributed by atoms with E-state index in [1.54, 1.807) is 0 Å². The van der Waals surface area contributed by atoms with Crippen molar-refractivity contribution in [2.75, 3.05) is 13.7 Å². The molecule has 0 aliphatic carbocycles. The van der Waals surface area contributed by atoms with Gasteiger partial charge in [0.05, 0.1) is 6.54 Å². The number of carbonyl (C=O) groups excluding carboxylic acids is 2. The van der Waals surface area contributed by atoms with Crippen molar-refractivity contribution >= 4 is 11.7 Å². The third-order valence-corrected chi connectivity index (χ3v) is 3.89. The lowest BCUT2D eigenvalue weighted by Crippen LogP contribution is -2.32. The number of benzene rings is 1. The van der Waals surface area contributed by atoms with Crippen molar-refractivity contribution in [3.05, 3.63) is 69.6 Å². The van der Waals surface area contributed by atoms with Gasteiger partial charge in [0, 0.05) is 31.8 Å². The van der Waals surface area contributed by atoms with Gasteiger partial charge >= 0.3 is 0 Å². The van der Waals surface area contributed by atoms with Crippen LogP contribution in [-0.4, -0.2) is 35.0 Å². The predicted octanol–water partition coefficient (Wildman–Crippen LogP) is 1.60. The van der Waals surface area contributed by atoms with E-state index >= 15 is 0 Å². The number of hydrogen-bond acceptors (Lipinski definition) is 4. The maximum Gasteiger partial charge on any atom is 0.263 e. The maximum absolute atomic E-state index is 12.6. The second-order valence-electron chi connectivity index (χ2n) is 5.74. The lowest BCUT2D eigenvalue weighted by molar-refractivity contribution is 0.0961. The fourth-order valence-electron chi connectivity index (χ4n) is 2.52. The number of rotatable bonds is 8. The molecule has 1 heterocycles. The third-order valence-electron chi connectivity index (χ3n) is 3.89. The van der Waals surface area contributed by atoms with Gasteiger partial charge < -0.3 is 15.0 Å². The zero-order chi connectivity index (χ0) is 18.2. The molecule has 25 heavy (non-hydrogen) atoms. The molecule has 0 aliphatic heterocycles. The summed E-state index contributed by atoms with van der Waals surface area (Å²) in [6.07, 6.45) is 2.86. The molecule has 0 spiro atoms. The van der Waals surface area contributed by atoms with Crippen LogP contribution in [0.15, 0.2) is 47.4 Å². The Morgan fingerprint density at radius 1 is 1.16 bits per heavy atom. The fourth-order valence-corrected chi connectivity index (χ4v) is 2.52. The second-order valence-corrected chi connectivity index (χ2v) is 5.74. The minimum absolute atomic E-state index is 0.0320. The Balaban J connectivity index is 2.39. The number of aliphatic hydroxyl groups excluding tert-OH is 1. The molecule has 2 N–H and O–H groups in total. The summed E-state index contributed by atoms with van der Waals surface area (Å²) < 4.78 is 1.39. The van der Waals surface area contributed by atoms with E-state index in [9.17, 15) is 14.4 Å². The van der Waals surface area contributed by atoms with Crippen LogP contribution in [0.25, 0.3) is 0 Å². The molecule has 0 bridgehead atoms. The van der Waals surface area contributed by atoms with Gasteiger partial charge in [-0.2, -0.15) is 0 Å². The van der Waals surface area contributed by atoms with E-state index in [2.05, 4.69) is 5.32 Å². The highest BCUT2D eigenvalue weighted by Crippen LogP contribution is 2.10. The summed E-state index contributed by atoms with van der Waals surface area (Å²) in [5.74, 6) is -0.669. The summed E-state index contributed by atoms with van der Waals surface area (Å²) in [6.45, 7) is 0.311. The molecule has 0 saturated carbocycles. The SMILES string of the molecule is CNC(=O)c1cc(C(=O)CCCCO)cn(Cc2ccccc2)c1=O. The average Bonchev–Trinajstić information content (AvgIpc) is 2.63. The first-order valence-electron chi connectivity index (χ1n) is 8.21. The monoisotopic (exact) mass is 342 g/mol. The van der Waals surface area contributed by atoms with E-state index < -0.39 is 11.5 Å². The lowest BCUT2D eigenvalue weighted by Gasteiger charge is -2.11. The van der Waals surface area contributed by atoms with Gasteiger partial charge in [-0.3, -0.25) is 14.4 Å². The van der Waals surface area contributed by atoms with E-state index in [-0.39, 0.29) is 30.9 Å². The Kier molecular flexibility index (Phi) is 6.65. The molecule has 0 aliphatic rings. The standard InChI is InChI=1S/C19H22N2O4/c1-20-18(24)16-11-15(17(23)9-5-6-10-22)13-21(19(16)25)12-14-7-3-2-4-8-14/h2-4,7-8,11,13,22H,5-6,9-10,12H2,1H3,(H,20,24). The van der Waals surface area contributed by atoms with Crippen LogP contribution in [0.3, 0.4) is 0 Å². The molecule has 132 valence electrons. The molecule has 0 saturated heterocycles. The summed E-state index contributed by atoms with van der Waals surface area (Å²) >= 11 is 0. The molecule has 1 amide bonds. The van der Waals surface area contributed by atoms with Gasteiger partial charge in [-0.15, -0.1) is 0 Å². The largest absolute Gasteiger partial charge is 0.396 e. The molecule has 0 radical (unpaired) electrons. The van der Waals surface area contributed by atoms with Gasteiger partial charge in [0.2, 0.25) is 0 Å². The fraction of sp³-hybridized carbons (Fsp3) is 0.316. The summed E-state index contributed by atoms with van der Waals surface area (Å²) in [5, 5.41) is 11.3. The number of Topliss-reactive ketones (excluding diaryl/α,β-unsaturated/α-hetero) is 1. The van der Waals surface area contributed by atoms with Crippen LogP contribution < -0.4 is 10.9 Å². The van der Waals surface area contributed by atoms with Crippen molar-refractivity contribution in [1.82, 2.24) is 9.88 Å². The van der Waals surface area contributed by atoms with Crippen LogP contribution in [0.4, 0.5) is 0 Å². The zero-order valence-electron chi connectivity index (χ0n) is 14.2. The van der Waals surface area contributed by atoms with Crippen LogP contribution in [0.5, 0.6) is 0 Å². The molecule has 2 aromatic rings. The highest BCUT2D eigenvalue weighted by atomic mass is 16.3. The molecule has 0 atom stereocenters. The normalized spacial score (nSPS) is 10.5. The van der Waals surface area contributed by atoms with Gasteiger partial charge in [-0.25, -0.2) is 0 Å². The van der Waals surface area contributed by atoms with Gasteiger partial charge in [0.15, 0.2) is 5.78 Å². The van der Waals surface area contributed by atoms with Gasteiger partial charge in [0.1, 0.15) is 5.56 Å². The minimum Gasteiger partial charge on any atom is -0.396 e. The molecule has 2 rings (SSSR count). The van der Waals surface area contributed by atoms with Crippen molar-refractivity contribution in [2.45, 2.75) is 25.8 Å². The number of amides is 1. The molecule has 0 fully saturated rings. The Labute approximate surface area is 146 Å². The highest BCUT2D eigenvalue weighted by Gasteiger charge is 2.16. The Bertz CT molecular complexity index is 797. The predicted molar refractivity (Wildman–Crippen MR) is 94.9 cm³/mol. The number of pyridine rings is 1. The number of carbonyl (C=O) groups is 2. The second kappa shape index (κ2) is 8.94. The number of nitrogens with zero attached hydrogens (tertiary/aromatic N) is 1. The van der Waals surface area contributed by atoms with Gasteiger partial charge in [0.25, 0.3) is 11.5 Å². The van der Waals surface area contributed by atoms with Crippen LogP contribution in [0, 0.1) is 0 Å². The zero-order valence-corrected chi connectivity index (χ0v) is 14.2. The molecule has 1 aromatic heterocycles. The van der Waals surface area contributed by atoms with Crippen molar-refractivity contribution < 1.29 is 14.7 Å². The molecule has 6 nitrogen and oxygen atoms in total. The third kappa shape index (κ3) is 4.87. The molecular weight excluding hydrogens is 320 g/mol. The topological polar surface area (TPSA) is 88.4 Å².